The van der Waals surface area contributed by atoms with Crippen molar-refractivity contribution in [1.29, 1.82) is 0 Å². The Bertz CT molecular complexity index is 639. The third-order valence-electron chi connectivity index (χ3n) is 5.05. The van der Waals surface area contributed by atoms with Crippen molar-refractivity contribution in [1.82, 2.24) is 14.4 Å². The monoisotopic (exact) mass is 335 g/mol. The van der Waals surface area contributed by atoms with Crippen LogP contribution >= 0.6 is 0 Å². The Morgan fingerprint density at radius 2 is 2.00 bits per heavy atom. The van der Waals surface area contributed by atoms with Crippen molar-refractivity contribution in [2.45, 2.75) is 0 Å². The lowest BCUT2D eigenvalue weighted by Gasteiger charge is -2.30. The average molecular weight is 335 g/mol. The molecule has 7 nitrogen and oxygen atoms in total. The number of aliphatic hydroxyl groups is 1. The number of carbonyl (C=O) groups is 1. The van der Waals surface area contributed by atoms with E-state index in [4.69, 9.17) is 4.74 Å². The van der Waals surface area contributed by atoms with E-state index >= 15 is 0 Å². The van der Waals surface area contributed by atoms with Gasteiger partial charge in [0.1, 0.15) is 0 Å². The van der Waals surface area contributed by atoms with Gasteiger partial charge in [-0.3, -0.25) is 14.5 Å². The fourth-order valence-corrected chi connectivity index (χ4v) is 3.50. The minimum Gasteiger partial charge on any atom is -0.396 e. The van der Waals surface area contributed by atoms with E-state index in [1.807, 2.05) is 0 Å². The van der Waals surface area contributed by atoms with Crippen LogP contribution in [0.3, 0.4) is 0 Å². The van der Waals surface area contributed by atoms with Crippen LogP contribution in [-0.4, -0.2) is 77.9 Å². The van der Waals surface area contributed by atoms with Gasteiger partial charge in [-0.15, -0.1) is 0 Å². The minimum absolute atomic E-state index is 0.0787. The van der Waals surface area contributed by atoms with Crippen LogP contribution in [0.4, 0.5) is 0 Å². The molecule has 0 radical (unpaired) electrons. The number of aromatic nitrogens is 1. The number of pyridine rings is 1. The van der Waals surface area contributed by atoms with Gasteiger partial charge in [-0.25, -0.2) is 0 Å². The molecule has 1 N–H and O–H groups in total. The molecule has 0 aliphatic carbocycles. The number of nitrogens with zero attached hydrogens (tertiary/aromatic N) is 3. The van der Waals surface area contributed by atoms with Crippen LogP contribution < -0.4 is 5.56 Å². The lowest BCUT2D eigenvalue weighted by molar-refractivity contribution is 0.0264. The first-order chi connectivity index (χ1) is 11.6. The Morgan fingerprint density at radius 3 is 2.67 bits per heavy atom. The lowest BCUT2D eigenvalue weighted by atomic mass is 9.96. The number of carbonyl (C=O) groups excluding carboxylic acids is 1. The molecule has 0 spiro atoms. The van der Waals surface area contributed by atoms with E-state index in [2.05, 4.69) is 4.90 Å². The number of amides is 1. The highest BCUT2D eigenvalue weighted by Crippen LogP contribution is 2.25. The molecule has 7 heteroatoms. The number of likely N-dealkylation sites (tertiary alicyclic amines) is 1. The second kappa shape index (κ2) is 7.46. The van der Waals surface area contributed by atoms with Crippen molar-refractivity contribution in [3.63, 3.8) is 0 Å². The zero-order valence-electron chi connectivity index (χ0n) is 14.1. The minimum atomic E-state index is -0.191. The van der Waals surface area contributed by atoms with E-state index in [1.165, 1.54) is 10.6 Å². The van der Waals surface area contributed by atoms with Crippen LogP contribution in [0, 0.1) is 11.8 Å². The first-order valence-corrected chi connectivity index (χ1v) is 8.45. The maximum atomic E-state index is 12.7. The highest BCUT2D eigenvalue weighted by Gasteiger charge is 2.36. The molecule has 1 aromatic rings. The summed E-state index contributed by atoms with van der Waals surface area (Å²) in [7, 11) is 1.66. The molecule has 2 saturated heterocycles. The van der Waals surface area contributed by atoms with Crippen molar-refractivity contribution < 1.29 is 14.6 Å². The number of aryl methyl sites for hydroxylation is 1. The molecule has 0 bridgehead atoms. The van der Waals surface area contributed by atoms with Gasteiger partial charge in [0.2, 0.25) is 0 Å². The number of hydrogen-bond acceptors (Lipinski definition) is 5. The molecule has 1 aromatic heterocycles. The first kappa shape index (κ1) is 17.1. The number of hydrogen-bond donors (Lipinski definition) is 1. The average Bonchev–Trinajstić information content (AvgIpc) is 3.00. The van der Waals surface area contributed by atoms with Gasteiger partial charge >= 0.3 is 0 Å². The zero-order chi connectivity index (χ0) is 17.1. The Kier molecular flexibility index (Phi) is 5.33. The lowest BCUT2D eigenvalue weighted by Crippen LogP contribution is -2.41. The van der Waals surface area contributed by atoms with Crippen molar-refractivity contribution in [3.8, 4) is 0 Å². The zero-order valence-corrected chi connectivity index (χ0v) is 14.1. The predicted molar refractivity (Wildman–Crippen MR) is 88.9 cm³/mol. The summed E-state index contributed by atoms with van der Waals surface area (Å²) in [6, 6.07) is 3.05. The largest absolute Gasteiger partial charge is 0.396 e. The smallest absolute Gasteiger partial charge is 0.254 e. The third-order valence-corrected chi connectivity index (χ3v) is 5.05. The molecule has 132 valence electrons. The SMILES string of the molecule is Cn1ccc(C(=O)N2C[C@@H](CN3CCOCC3)[C@@H](CO)C2)cc1=O. The highest BCUT2D eigenvalue weighted by molar-refractivity contribution is 5.94. The Morgan fingerprint density at radius 1 is 1.29 bits per heavy atom. The van der Waals surface area contributed by atoms with Crippen LogP contribution in [0.2, 0.25) is 0 Å². The van der Waals surface area contributed by atoms with Gasteiger partial charge in [0.05, 0.1) is 13.2 Å². The molecule has 3 rings (SSSR count). The van der Waals surface area contributed by atoms with E-state index in [0.29, 0.717) is 18.7 Å². The van der Waals surface area contributed by atoms with Gasteiger partial charge in [0, 0.05) is 70.1 Å². The van der Waals surface area contributed by atoms with Crippen LogP contribution in [0.1, 0.15) is 10.4 Å². The summed E-state index contributed by atoms with van der Waals surface area (Å²) in [6.45, 7) is 5.40. The summed E-state index contributed by atoms with van der Waals surface area (Å²) in [5.74, 6) is 0.211. The van der Waals surface area contributed by atoms with Crippen LogP contribution in [0.25, 0.3) is 0 Å². The van der Waals surface area contributed by atoms with Gasteiger partial charge in [0.15, 0.2) is 0 Å². The molecule has 1 amide bonds. The maximum absolute atomic E-state index is 12.7. The molecule has 2 fully saturated rings. The second-order valence-corrected chi connectivity index (χ2v) is 6.69. The Balaban J connectivity index is 1.67. The quantitative estimate of drug-likeness (QED) is 0.795. The van der Waals surface area contributed by atoms with E-state index in [-0.39, 0.29) is 29.9 Å². The molecular weight excluding hydrogens is 310 g/mol. The summed E-state index contributed by atoms with van der Waals surface area (Å²) in [5.41, 5.74) is 0.227. The Labute approximate surface area is 141 Å². The molecule has 0 saturated carbocycles. The van der Waals surface area contributed by atoms with Crippen LogP contribution in [-0.2, 0) is 11.8 Å². The third kappa shape index (κ3) is 3.68. The second-order valence-electron chi connectivity index (χ2n) is 6.69. The number of morpholine rings is 1. The van der Waals surface area contributed by atoms with Crippen molar-refractivity contribution in [2.75, 3.05) is 52.5 Å². The summed E-state index contributed by atoms with van der Waals surface area (Å²) >= 11 is 0. The molecule has 0 aromatic carbocycles. The van der Waals surface area contributed by atoms with Crippen molar-refractivity contribution in [2.24, 2.45) is 18.9 Å². The van der Waals surface area contributed by atoms with Gasteiger partial charge in [-0.1, -0.05) is 0 Å². The molecule has 2 atom stereocenters. The topological polar surface area (TPSA) is 75.0 Å². The summed E-state index contributed by atoms with van der Waals surface area (Å²) in [4.78, 5) is 28.5. The molecule has 2 aliphatic heterocycles. The summed E-state index contributed by atoms with van der Waals surface area (Å²) in [6.07, 6.45) is 1.61. The van der Waals surface area contributed by atoms with Crippen molar-refractivity contribution >= 4 is 5.91 Å². The predicted octanol–water partition coefficient (Wildman–Crippen LogP) is -0.602. The molecule has 0 unspecified atom stereocenters. The van der Waals surface area contributed by atoms with Crippen LogP contribution in [0.15, 0.2) is 23.1 Å². The summed E-state index contributed by atoms with van der Waals surface area (Å²) in [5, 5.41) is 9.68. The fourth-order valence-electron chi connectivity index (χ4n) is 3.50. The van der Waals surface area contributed by atoms with Gasteiger partial charge in [-0.2, -0.15) is 0 Å². The number of aliphatic hydroxyl groups excluding tert-OH is 1. The first-order valence-electron chi connectivity index (χ1n) is 8.45. The highest BCUT2D eigenvalue weighted by atomic mass is 16.5. The van der Waals surface area contributed by atoms with Crippen molar-refractivity contribution in [3.05, 3.63) is 34.2 Å². The normalized spacial score (nSPS) is 25.2. The van der Waals surface area contributed by atoms with E-state index < -0.39 is 0 Å². The Hall–Kier alpha value is -1.70. The van der Waals surface area contributed by atoms with Gasteiger partial charge in [-0.05, 0) is 12.0 Å². The fraction of sp³-hybridized carbons (Fsp3) is 0.647. The molecule has 3 heterocycles. The van der Waals surface area contributed by atoms with E-state index in [0.717, 1.165) is 32.8 Å². The number of rotatable bonds is 4. The summed E-state index contributed by atoms with van der Waals surface area (Å²) < 4.78 is 6.81. The molecule has 2 aliphatic rings. The van der Waals surface area contributed by atoms with Gasteiger partial charge < -0.3 is 19.3 Å². The molecule has 24 heavy (non-hydrogen) atoms. The maximum Gasteiger partial charge on any atom is 0.254 e. The van der Waals surface area contributed by atoms with E-state index in [9.17, 15) is 14.7 Å². The standard InChI is InChI=1S/C17H25N3O4/c1-18-3-2-13(8-16(18)22)17(23)20-10-14(15(11-20)12-21)9-19-4-6-24-7-5-19/h2-3,8,14-15,21H,4-7,9-12H2,1H3/t14-,15-/m1/s1. The van der Waals surface area contributed by atoms with E-state index in [1.54, 1.807) is 24.2 Å². The number of ether oxygens (including phenoxy) is 1. The van der Waals surface area contributed by atoms with Gasteiger partial charge in [0.25, 0.3) is 11.5 Å². The molecular formula is C17H25N3O4. The van der Waals surface area contributed by atoms with Crippen LogP contribution in [0.5, 0.6) is 0 Å².